The van der Waals surface area contributed by atoms with Gasteiger partial charge in [0.1, 0.15) is 5.69 Å². The van der Waals surface area contributed by atoms with E-state index in [0.29, 0.717) is 12.2 Å². The molecule has 17 heavy (non-hydrogen) atoms. The van der Waals surface area contributed by atoms with Crippen LogP contribution in [0.25, 0.3) is 0 Å². The molecule has 1 aliphatic heterocycles. The summed E-state index contributed by atoms with van der Waals surface area (Å²) in [5, 5.41) is 18.6. The molecule has 2 heterocycles. The Morgan fingerprint density at radius 2 is 2.35 bits per heavy atom. The number of nitrogens with one attached hydrogen (secondary N) is 2. The molecule has 0 bridgehead atoms. The maximum absolute atomic E-state index is 11.9. The summed E-state index contributed by atoms with van der Waals surface area (Å²) in [5.41, 5.74) is 0.376. The van der Waals surface area contributed by atoms with Crippen LogP contribution < -0.4 is 5.32 Å². The second kappa shape index (κ2) is 4.54. The number of hydrogen-bond acceptors (Lipinski definition) is 4. The highest BCUT2D eigenvalue weighted by molar-refractivity contribution is 5.92. The van der Waals surface area contributed by atoms with Crippen molar-refractivity contribution in [3.63, 3.8) is 0 Å². The molecule has 1 aliphatic rings. The molecule has 2 atom stereocenters. The number of amides is 2. The molecular weight excluding hydrogens is 224 g/mol. The van der Waals surface area contributed by atoms with Crippen molar-refractivity contribution in [3.8, 4) is 0 Å². The van der Waals surface area contributed by atoms with Crippen LogP contribution in [0, 0.1) is 0 Å². The van der Waals surface area contributed by atoms with Crippen molar-refractivity contribution >= 4 is 11.8 Å². The highest BCUT2D eigenvalue weighted by Gasteiger charge is 2.35. The highest BCUT2D eigenvalue weighted by atomic mass is 16.3. The maximum atomic E-state index is 11.9. The minimum atomic E-state index is -0.731. The first-order chi connectivity index (χ1) is 8.08. The molecule has 0 unspecified atom stereocenters. The van der Waals surface area contributed by atoms with Crippen molar-refractivity contribution in [2.75, 3.05) is 13.1 Å². The average Bonchev–Trinajstić information content (AvgIpc) is 2.87. The van der Waals surface area contributed by atoms with Crippen molar-refractivity contribution in [1.29, 1.82) is 0 Å². The molecular formula is C10H14N4O3. The number of aromatic nitrogens is 2. The summed E-state index contributed by atoms with van der Waals surface area (Å²) in [5.74, 6) is -0.445. The zero-order valence-electron chi connectivity index (χ0n) is 9.38. The number of aliphatic hydroxyl groups is 1. The Morgan fingerprint density at radius 3 is 2.94 bits per heavy atom. The van der Waals surface area contributed by atoms with Crippen LogP contribution in [0.15, 0.2) is 12.3 Å². The second-order valence-electron chi connectivity index (χ2n) is 4.05. The van der Waals surface area contributed by atoms with Gasteiger partial charge in [-0.1, -0.05) is 0 Å². The SMILES string of the molecule is CC(=O)N[C@@H]1CN(C(=O)c2ccn[nH]2)C[C@H]1O. The van der Waals surface area contributed by atoms with E-state index in [1.54, 1.807) is 6.07 Å². The third kappa shape index (κ3) is 2.44. The van der Waals surface area contributed by atoms with Gasteiger partial charge in [0.2, 0.25) is 5.91 Å². The average molecular weight is 238 g/mol. The minimum absolute atomic E-state index is 0.211. The molecule has 3 N–H and O–H groups in total. The number of carbonyl (C=O) groups excluding carboxylic acids is 2. The first-order valence-electron chi connectivity index (χ1n) is 5.31. The lowest BCUT2D eigenvalue weighted by Crippen LogP contribution is -2.41. The second-order valence-corrected chi connectivity index (χ2v) is 4.05. The fraction of sp³-hybridized carbons (Fsp3) is 0.500. The number of H-pyrrole nitrogens is 1. The number of aromatic amines is 1. The van der Waals surface area contributed by atoms with Gasteiger partial charge >= 0.3 is 0 Å². The van der Waals surface area contributed by atoms with Crippen molar-refractivity contribution in [3.05, 3.63) is 18.0 Å². The molecule has 1 fully saturated rings. The Labute approximate surface area is 97.8 Å². The van der Waals surface area contributed by atoms with Crippen LogP contribution in [0.2, 0.25) is 0 Å². The minimum Gasteiger partial charge on any atom is -0.389 e. The number of aliphatic hydroxyl groups excluding tert-OH is 1. The number of hydrogen-bond donors (Lipinski definition) is 3. The van der Waals surface area contributed by atoms with Gasteiger partial charge in [0.15, 0.2) is 0 Å². The lowest BCUT2D eigenvalue weighted by Gasteiger charge is -2.15. The van der Waals surface area contributed by atoms with Gasteiger partial charge in [-0.25, -0.2) is 0 Å². The Morgan fingerprint density at radius 1 is 1.59 bits per heavy atom. The van der Waals surface area contributed by atoms with Gasteiger partial charge in [0.05, 0.1) is 12.1 Å². The first kappa shape index (κ1) is 11.6. The lowest BCUT2D eigenvalue weighted by atomic mass is 10.2. The normalized spacial score (nSPS) is 23.8. The number of likely N-dealkylation sites (tertiary alicyclic amines) is 1. The predicted molar refractivity (Wildman–Crippen MR) is 58.1 cm³/mol. The topological polar surface area (TPSA) is 98.3 Å². The summed E-state index contributed by atoms with van der Waals surface area (Å²) in [4.78, 5) is 24.3. The van der Waals surface area contributed by atoms with E-state index in [4.69, 9.17) is 0 Å². The maximum Gasteiger partial charge on any atom is 0.272 e. The monoisotopic (exact) mass is 238 g/mol. The molecule has 7 nitrogen and oxygen atoms in total. The molecule has 1 aromatic heterocycles. The van der Waals surface area contributed by atoms with Crippen LogP contribution in [0.4, 0.5) is 0 Å². The molecule has 0 aliphatic carbocycles. The number of rotatable bonds is 2. The fourth-order valence-corrected chi connectivity index (χ4v) is 1.90. The molecule has 7 heteroatoms. The van der Waals surface area contributed by atoms with E-state index in [0.717, 1.165) is 0 Å². The van der Waals surface area contributed by atoms with Crippen LogP contribution in [-0.2, 0) is 4.79 Å². The summed E-state index contributed by atoms with van der Waals surface area (Å²) in [7, 11) is 0. The number of nitrogens with zero attached hydrogens (tertiary/aromatic N) is 2. The van der Waals surface area contributed by atoms with E-state index in [1.807, 2.05) is 0 Å². The zero-order valence-corrected chi connectivity index (χ0v) is 9.38. The third-order valence-electron chi connectivity index (χ3n) is 2.70. The molecule has 2 rings (SSSR count). The molecule has 0 saturated carbocycles. The van der Waals surface area contributed by atoms with Crippen molar-refractivity contribution in [2.24, 2.45) is 0 Å². The van der Waals surface area contributed by atoms with Crippen molar-refractivity contribution < 1.29 is 14.7 Å². The molecule has 1 saturated heterocycles. The van der Waals surface area contributed by atoms with Gasteiger partial charge in [-0.05, 0) is 6.07 Å². The predicted octanol–water partition coefficient (Wildman–Crippen LogP) is -1.27. The van der Waals surface area contributed by atoms with Crippen LogP contribution in [-0.4, -0.2) is 57.3 Å². The first-order valence-corrected chi connectivity index (χ1v) is 5.31. The van der Waals surface area contributed by atoms with E-state index in [-0.39, 0.29) is 18.4 Å². The van der Waals surface area contributed by atoms with Crippen LogP contribution in [0.5, 0.6) is 0 Å². The summed E-state index contributed by atoms with van der Waals surface area (Å²) >= 11 is 0. The smallest absolute Gasteiger partial charge is 0.272 e. The van der Waals surface area contributed by atoms with Gasteiger partial charge in [-0.2, -0.15) is 5.10 Å². The summed E-state index contributed by atoms with van der Waals surface area (Å²) < 4.78 is 0. The Kier molecular flexibility index (Phi) is 3.10. The molecule has 0 spiro atoms. The van der Waals surface area contributed by atoms with E-state index < -0.39 is 12.1 Å². The van der Waals surface area contributed by atoms with E-state index >= 15 is 0 Å². The molecule has 2 amide bonds. The van der Waals surface area contributed by atoms with Crippen molar-refractivity contribution in [2.45, 2.75) is 19.1 Å². The summed E-state index contributed by atoms with van der Waals surface area (Å²) in [6.07, 6.45) is 0.760. The molecule has 1 aromatic rings. The Bertz CT molecular complexity index is 417. The standard InChI is InChI=1S/C10H14N4O3/c1-6(15)12-8-4-14(5-9(8)16)10(17)7-2-3-11-13-7/h2-3,8-9,16H,4-5H2,1H3,(H,11,13)(H,12,15)/t8-,9-/m1/s1. The lowest BCUT2D eigenvalue weighted by molar-refractivity contribution is -0.120. The van der Waals surface area contributed by atoms with Crippen molar-refractivity contribution in [1.82, 2.24) is 20.4 Å². The summed E-state index contributed by atoms with van der Waals surface area (Å²) in [6, 6.07) is 1.17. The number of β-amino-alcohol motifs (C(OH)–C–C–N with tert-alkyl or cyclic N) is 1. The van der Waals surface area contributed by atoms with E-state index in [2.05, 4.69) is 15.5 Å². The largest absolute Gasteiger partial charge is 0.389 e. The van der Waals surface area contributed by atoms with Gasteiger partial charge in [0, 0.05) is 26.2 Å². The number of carbonyl (C=O) groups is 2. The van der Waals surface area contributed by atoms with Crippen LogP contribution in [0.3, 0.4) is 0 Å². The Balaban J connectivity index is 2.01. The Hall–Kier alpha value is -1.89. The van der Waals surface area contributed by atoms with Gasteiger partial charge in [-0.3, -0.25) is 14.7 Å². The van der Waals surface area contributed by atoms with Crippen LogP contribution in [0.1, 0.15) is 17.4 Å². The summed E-state index contributed by atoms with van der Waals surface area (Å²) in [6.45, 7) is 1.90. The van der Waals surface area contributed by atoms with Gasteiger partial charge in [0.25, 0.3) is 5.91 Å². The zero-order chi connectivity index (χ0) is 12.4. The van der Waals surface area contributed by atoms with Gasteiger partial charge < -0.3 is 15.3 Å². The molecule has 0 aromatic carbocycles. The van der Waals surface area contributed by atoms with Crippen LogP contribution >= 0.6 is 0 Å². The third-order valence-corrected chi connectivity index (χ3v) is 2.70. The highest BCUT2D eigenvalue weighted by Crippen LogP contribution is 2.13. The fourth-order valence-electron chi connectivity index (χ4n) is 1.90. The molecule has 0 radical (unpaired) electrons. The van der Waals surface area contributed by atoms with Gasteiger partial charge in [-0.15, -0.1) is 0 Å². The van der Waals surface area contributed by atoms with E-state index in [1.165, 1.54) is 18.0 Å². The quantitative estimate of drug-likeness (QED) is 0.598. The van der Waals surface area contributed by atoms with E-state index in [9.17, 15) is 14.7 Å². The molecule has 92 valence electrons.